The fraction of sp³-hybridized carbons (Fsp3) is 0.348. The lowest BCUT2D eigenvalue weighted by molar-refractivity contribution is 0.146. The van der Waals surface area contributed by atoms with Crippen molar-refractivity contribution in [3.63, 3.8) is 0 Å². The van der Waals surface area contributed by atoms with Gasteiger partial charge in [0.15, 0.2) is 20.3 Å². The number of fused-ring (bicyclic) bond motifs is 2. The van der Waals surface area contributed by atoms with E-state index in [0.29, 0.717) is 82.4 Å². The minimum Gasteiger partial charge on any atom is -0.497 e. The number of halogens is 2. The first kappa shape index (κ1) is 50.9. The summed E-state index contributed by atoms with van der Waals surface area (Å²) in [5.41, 5.74) is 1.57. The van der Waals surface area contributed by atoms with Crippen LogP contribution >= 0.6 is 23.2 Å². The number of methoxy groups -OCH3 is 3. The van der Waals surface area contributed by atoms with Crippen molar-refractivity contribution >= 4 is 66.5 Å². The second-order valence-corrected chi connectivity index (χ2v) is 18.0. The van der Waals surface area contributed by atoms with Gasteiger partial charge < -0.3 is 44.0 Å². The molecule has 17 nitrogen and oxygen atoms in total. The third kappa shape index (κ3) is 14.0. The van der Waals surface area contributed by atoms with E-state index in [0.717, 1.165) is 22.9 Å². The Hall–Kier alpha value is -6.05. The average Bonchev–Trinajstić information content (AvgIpc) is 4.00. The number of anilines is 2. The van der Waals surface area contributed by atoms with Gasteiger partial charge in [-0.1, -0.05) is 42.3 Å². The SMILES string of the molecule is CC(C)Nc1ccn[nH]1.CCS(=O)(=O)c1cc(OCc2ccc(OC)cc2)c2ccc(OCCOC)c(Cl)c2n1.COCCOc1ccc2c(=O)cc(-n3ccc(NC(C)C)n3)[nH]c2c1Cl. The zero-order valence-electron chi connectivity index (χ0n) is 38.1. The molecule has 0 radical (unpaired) electrons. The Morgan fingerprint density at radius 1 is 0.758 bits per heavy atom. The monoisotopic (exact) mass is 966 g/mol. The molecular formula is C46H56Cl2N8O9S. The molecule has 0 bridgehead atoms. The third-order valence-electron chi connectivity index (χ3n) is 9.28. The fourth-order valence-corrected chi connectivity index (χ4v) is 7.38. The van der Waals surface area contributed by atoms with Crippen LogP contribution in [0.5, 0.6) is 23.0 Å². The number of ether oxygens (including phenoxy) is 6. The molecule has 7 aromatic rings. The first-order valence-corrected chi connectivity index (χ1v) is 23.4. The minimum atomic E-state index is -3.58. The van der Waals surface area contributed by atoms with E-state index in [1.165, 1.54) is 12.1 Å². The topological polar surface area (TPSA) is 206 Å². The van der Waals surface area contributed by atoms with Crippen LogP contribution in [0.3, 0.4) is 0 Å². The number of pyridine rings is 2. The van der Waals surface area contributed by atoms with Gasteiger partial charge in [0.2, 0.25) is 0 Å². The molecule has 4 aromatic heterocycles. The number of benzene rings is 3. The average molecular weight is 968 g/mol. The first-order valence-electron chi connectivity index (χ1n) is 21.0. The predicted octanol–water partition coefficient (Wildman–Crippen LogP) is 8.74. The molecule has 0 aliphatic rings. The number of aromatic amines is 2. The molecule has 0 saturated heterocycles. The highest BCUT2D eigenvalue weighted by molar-refractivity contribution is 7.91. The van der Waals surface area contributed by atoms with Crippen LogP contribution in [0.4, 0.5) is 11.6 Å². The van der Waals surface area contributed by atoms with Crippen LogP contribution in [0.25, 0.3) is 27.6 Å². The maximum absolute atomic E-state index is 12.5. The van der Waals surface area contributed by atoms with Gasteiger partial charge in [-0.2, -0.15) is 5.10 Å². The fourth-order valence-electron chi connectivity index (χ4n) is 6.04. The molecule has 0 amide bonds. The van der Waals surface area contributed by atoms with Gasteiger partial charge >= 0.3 is 0 Å². The second kappa shape index (κ2) is 24.5. The first-order chi connectivity index (χ1) is 31.7. The van der Waals surface area contributed by atoms with Crippen LogP contribution in [0.1, 0.15) is 40.2 Å². The summed E-state index contributed by atoms with van der Waals surface area (Å²) in [5.74, 6) is 4.13. The zero-order valence-corrected chi connectivity index (χ0v) is 40.4. The number of aromatic nitrogens is 6. The molecule has 0 saturated carbocycles. The Morgan fingerprint density at radius 3 is 2.00 bits per heavy atom. The van der Waals surface area contributed by atoms with Crippen LogP contribution in [-0.2, 0) is 25.9 Å². The van der Waals surface area contributed by atoms with Crippen molar-refractivity contribution in [3.8, 4) is 28.8 Å². The number of rotatable bonds is 19. The Morgan fingerprint density at radius 2 is 1.41 bits per heavy atom. The van der Waals surface area contributed by atoms with E-state index >= 15 is 0 Å². The smallest absolute Gasteiger partial charge is 0.195 e. The molecule has 0 atom stereocenters. The predicted molar refractivity (Wildman–Crippen MR) is 259 cm³/mol. The molecule has 0 fully saturated rings. The van der Waals surface area contributed by atoms with E-state index in [4.69, 9.17) is 51.6 Å². The normalized spacial score (nSPS) is 11.2. The van der Waals surface area contributed by atoms with Gasteiger partial charge in [0.25, 0.3) is 0 Å². The number of sulfone groups is 1. The third-order valence-corrected chi connectivity index (χ3v) is 11.6. The molecule has 0 unspecified atom stereocenters. The Balaban J connectivity index is 0.000000210. The van der Waals surface area contributed by atoms with Crippen molar-refractivity contribution in [1.82, 2.24) is 29.9 Å². The summed E-state index contributed by atoms with van der Waals surface area (Å²) in [4.78, 5) is 20.0. The van der Waals surface area contributed by atoms with Crippen molar-refractivity contribution in [1.29, 1.82) is 0 Å². The van der Waals surface area contributed by atoms with Crippen LogP contribution in [0.2, 0.25) is 10.0 Å². The number of nitrogens with one attached hydrogen (secondary N) is 4. The summed E-state index contributed by atoms with van der Waals surface area (Å²) in [6, 6.07) is 21.7. The van der Waals surface area contributed by atoms with Crippen LogP contribution < -0.4 is 35.0 Å². The Labute approximate surface area is 393 Å². The van der Waals surface area contributed by atoms with Crippen molar-refractivity contribution in [2.45, 2.75) is 58.3 Å². The molecule has 0 aliphatic heterocycles. The molecule has 66 heavy (non-hydrogen) atoms. The summed E-state index contributed by atoms with van der Waals surface area (Å²) in [7, 11) is 1.19. The maximum Gasteiger partial charge on any atom is 0.195 e. The highest BCUT2D eigenvalue weighted by Gasteiger charge is 2.21. The van der Waals surface area contributed by atoms with Gasteiger partial charge in [-0.25, -0.2) is 18.1 Å². The van der Waals surface area contributed by atoms with E-state index in [9.17, 15) is 13.2 Å². The molecule has 7 rings (SSSR count). The van der Waals surface area contributed by atoms with Gasteiger partial charge in [0.05, 0.1) is 43.3 Å². The van der Waals surface area contributed by atoms with E-state index in [1.807, 2.05) is 50.2 Å². The van der Waals surface area contributed by atoms with Gasteiger partial charge in [-0.15, -0.1) is 5.10 Å². The highest BCUT2D eigenvalue weighted by Crippen LogP contribution is 2.38. The minimum absolute atomic E-state index is 0.0922. The molecule has 4 heterocycles. The standard InChI is InChI=1S/C22H24ClNO6S.C18H21ClN4O3.C6H11N3/c1-4-31(25,26)20-13-19(30-14-15-5-7-16(28-3)8-6-15)17-9-10-18(29-12-11-27-2)21(23)22(17)24-20;1-11(2)20-15-6-7-23(22-15)16-10-13(24)12-4-5-14(26-9-8-25-3)17(19)18(12)21-16;1-5(2)8-6-3-4-7-9-6/h5-10,13H,4,11-12,14H2,1-3H3;4-7,10-11H,8-9H2,1-3H3,(H,20,22)(H,21,24);3-5H,1-2H3,(H2,7,8,9). The van der Waals surface area contributed by atoms with Crippen LogP contribution in [0, 0.1) is 0 Å². The van der Waals surface area contributed by atoms with Crippen LogP contribution in [0.15, 0.2) is 95.0 Å². The maximum atomic E-state index is 12.5. The van der Waals surface area contributed by atoms with Gasteiger partial charge in [0, 0.05) is 61.5 Å². The molecular weight excluding hydrogens is 912 g/mol. The molecule has 354 valence electrons. The molecule has 0 aliphatic carbocycles. The molecule has 4 N–H and O–H groups in total. The largest absolute Gasteiger partial charge is 0.497 e. The van der Waals surface area contributed by atoms with E-state index in [-0.39, 0.29) is 33.9 Å². The number of hydrogen-bond acceptors (Lipinski definition) is 14. The Bertz CT molecular complexity index is 2800. The van der Waals surface area contributed by atoms with Crippen molar-refractivity contribution in [3.05, 3.63) is 111 Å². The Kier molecular flexibility index (Phi) is 18.9. The van der Waals surface area contributed by atoms with Crippen molar-refractivity contribution in [2.75, 3.05) is 64.1 Å². The summed E-state index contributed by atoms with van der Waals surface area (Å²) in [5, 5.41) is 19.0. The van der Waals surface area contributed by atoms with Gasteiger partial charge in [-0.05, 0) is 75.7 Å². The summed E-state index contributed by atoms with van der Waals surface area (Å²) in [6.07, 6.45) is 3.50. The van der Waals surface area contributed by atoms with E-state index in [2.05, 4.69) is 49.7 Å². The number of nitrogens with zero attached hydrogens (tertiary/aromatic N) is 4. The molecule has 0 spiro atoms. The van der Waals surface area contributed by atoms with Gasteiger partial charge in [0.1, 0.15) is 70.3 Å². The van der Waals surface area contributed by atoms with E-state index in [1.54, 1.807) is 69.6 Å². The number of hydrogen-bond donors (Lipinski definition) is 4. The summed E-state index contributed by atoms with van der Waals surface area (Å²) < 4.78 is 59.0. The molecule has 3 aromatic carbocycles. The van der Waals surface area contributed by atoms with Gasteiger partial charge in [-0.3, -0.25) is 9.89 Å². The molecule has 20 heteroatoms. The zero-order chi connectivity index (χ0) is 47.8. The number of H-pyrrole nitrogens is 2. The lowest BCUT2D eigenvalue weighted by Gasteiger charge is -2.14. The lowest BCUT2D eigenvalue weighted by atomic mass is 10.2. The van der Waals surface area contributed by atoms with Crippen LogP contribution in [-0.4, -0.2) is 104 Å². The quantitative estimate of drug-likeness (QED) is 0.0560. The second-order valence-electron chi connectivity index (χ2n) is 15.0. The van der Waals surface area contributed by atoms with Crippen molar-refractivity contribution in [2.24, 2.45) is 0 Å². The van der Waals surface area contributed by atoms with E-state index < -0.39 is 9.84 Å². The highest BCUT2D eigenvalue weighted by atomic mass is 35.5. The summed E-state index contributed by atoms with van der Waals surface area (Å²) >= 11 is 13.0. The summed E-state index contributed by atoms with van der Waals surface area (Å²) in [6.45, 7) is 11.5. The van der Waals surface area contributed by atoms with Crippen molar-refractivity contribution < 1.29 is 36.8 Å². The lowest BCUT2D eigenvalue weighted by Crippen LogP contribution is -2.12.